The van der Waals surface area contributed by atoms with Crippen LogP contribution in [-0.4, -0.2) is 11.1 Å². The Morgan fingerprint density at radius 1 is 1.13 bits per heavy atom. The fourth-order valence-electron chi connectivity index (χ4n) is 1.09. The first kappa shape index (κ1) is 11.7. The van der Waals surface area contributed by atoms with Gasteiger partial charge in [-0.15, -0.1) is 0 Å². The number of benzene rings is 1. The number of halogens is 2. The largest absolute Gasteiger partial charge is 0.373 e. The Kier molecular flexibility index (Phi) is 4.25. The fraction of sp³-hybridized carbons (Fsp3) is 0. The van der Waals surface area contributed by atoms with Crippen molar-refractivity contribution in [3.63, 3.8) is 0 Å². The average Bonchev–Trinajstić information content (AvgIpc) is 2.19. The van der Waals surface area contributed by atoms with E-state index in [1.54, 1.807) is 24.4 Å². The summed E-state index contributed by atoms with van der Waals surface area (Å²) >= 11 is 11.7. The number of nitrogens with zero attached hydrogens (tertiary/aromatic N) is 1. The highest BCUT2D eigenvalue weighted by molar-refractivity contribution is 6.36. The molecule has 0 spiro atoms. The lowest BCUT2D eigenvalue weighted by atomic mass is 10.2. The summed E-state index contributed by atoms with van der Waals surface area (Å²) in [5, 5.41) is 2.32. The van der Waals surface area contributed by atoms with Gasteiger partial charge in [0.05, 0.1) is 10.5 Å². The Balaban J connectivity index is 0.000000337. The van der Waals surface area contributed by atoms with Crippen LogP contribution in [0.4, 0.5) is 0 Å². The van der Waals surface area contributed by atoms with E-state index in [-0.39, 0.29) is 6.15 Å². The molecule has 0 bridgehead atoms. The zero-order chi connectivity index (χ0) is 11.3. The van der Waals surface area contributed by atoms with Crippen LogP contribution in [0.3, 0.4) is 0 Å². The quantitative estimate of drug-likeness (QED) is 0.713. The maximum atomic E-state index is 8.12. The molecule has 76 valence electrons. The van der Waals surface area contributed by atoms with Crippen LogP contribution in [-0.2, 0) is 9.59 Å². The molecule has 0 saturated carbocycles. The van der Waals surface area contributed by atoms with E-state index in [2.05, 4.69) is 4.98 Å². The number of fused-ring (bicyclic) bond motifs is 1. The van der Waals surface area contributed by atoms with Crippen molar-refractivity contribution in [1.82, 2.24) is 4.98 Å². The highest BCUT2D eigenvalue weighted by atomic mass is 35.5. The second kappa shape index (κ2) is 5.47. The van der Waals surface area contributed by atoms with Crippen LogP contribution >= 0.6 is 23.2 Å². The second-order valence-electron chi connectivity index (χ2n) is 2.54. The lowest BCUT2D eigenvalue weighted by molar-refractivity contribution is -0.191. The van der Waals surface area contributed by atoms with Gasteiger partial charge in [-0.2, -0.15) is 9.59 Å². The summed E-state index contributed by atoms with van der Waals surface area (Å²) < 4.78 is 0. The first-order chi connectivity index (χ1) is 7.19. The van der Waals surface area contributed by atoms with E-state index in [1.165, 1.54) is 0 Å². The van der Waals surface area contributed by atoms with Crippen LogP contribution in [0, 0.1) is 0 Å². The molecule has 1 aromatic heterocycles. The molecule has 0 radical (unpaired) electrons. The molecule has 0 aliphatic carbocycles. The highest BCUT2D eigenvalue weighted by Crippen LogP contribution is 2.23. The van der Waals surface area contributed by atoms with Crippen LogP contribution in [0.25, 0.3) is 10.9 Å². The molecular formula is C10H5Cl2NO2. The van der Waals surface area contributed by atoms with Crippen LogP contribution in [0.2, 0.25) is 10.0 Å². The van der Waals surface area contributed by atoms with Gasteiger partial charge in [-0.3, -0.25) is 4.98 Å². The third-order valence-corrected chi connectivity index (χ3v) is 2.22. The molecule has 1 heterocycles. The third-order valence-electron chi connectivity index (χ3n) is 1.65. The normalized spacial score (nSPS) is 8.93. The third kappa shape index (κ3) is 3.03. The lowest BCUT2D eigenvalue weighted by Gasteiger charge is -1.98. The minimum atomic E-state index is 0.250. The van der Waals surface area contributed by atoms with Crippen molar-refractivity contribution in [3.8, 4) is 0 Å². The molecule has 1 aromatic carbocycles. The van der Waals surface area contributed by atoms with E-state index in [0.29, 0.717) is 10.0 Å². The van der Waals surface area contributed by atoms with Crippen molar-refractivity contribution in [3.05, 3.63) is 40.5 Å². The van der Waals surface area contributed by atoms with Crippen molar-refractivity contribution in [2.75, 3.05) is 0 Å². The standard InChI is InChI=1S/C9H5Cl2N.CO2/c10-6-1-2-7-8(11)3-4-12-9(7)5-6;2-1-3/h1-5H;. The number of carbonyl (C=O) groups excluding carboxylic acids is 2. The Morgan fingerprint density at radius 3 is 2.47 bits per heavy atom. The summed E-state index contributed by atoms with van der Waals surface area (Å²) in [7, 11) is 0. The van der Waals surface area contributed by atoms with Gasteiger partial charge in [0, 0.05) is 16.6 Å². The topological polar surface area (TPSA) is 47.0 Å². The number of hydrogen-bond acceptors (Lipinski definition) is 3. The second-order valence-corrected chi connectivity index (χ2v) is 3.38. The molecule has 0 fully saturated rings. The lowest BCUT2D eigenvalue weighted by Crippen LogP contribution is -1.78. The molecule has 0 aliphatic rings. The minimum Gasteiger partial charge on any atom is -0.256 e. The number of rotatable bonds is 0. The van der Waals surface area contributed by atoms with Crippen LogP contribution in [0.15, 0.2) is 30.5 Å². The minimum absolute atomic E-state index is 0.250. The predicted molar refractivity (Wildman–Crippen MR) is 56.8 cm³/mol. The molecule has 15 heavy (non-hydrogen) atoms. The zero-order valence-corrected chi connectivity index (χ0v) is 8.92. The maximum absolute atomic E-state index is 8.12. The summed E-state index contributed by atoms with van der Waals surface area (Å²) in [6.07, 6.45) is 1.92. The van der Waals surface area contributed by atoms with Crippen molar-refractivity contribution in [1.29, 1.82) is 0 Å². The monoisotopic (exact) mass is 241 g/mol. The molecule has 0 unspecified atom stereocenters. The summed E-state index contributed by atoms with van der Waals surface area (Å²) in [5.41, 5.74) is 0.829. The van der Waals surface area contributed by atoms with Gasteiger partial charge < -0.3 is 0 Å². The van der Waals surface area contributed by atoms with Gasteiger partial charge in [0.1, 0.15) is 0 Å². The smallest absolute Gasteiger partial charge is 0.256 e. The van der Waals surface area contributed by atoms with E-state index < -0.39 is 0 Å². The molecule has 0 aliphatic heterocycles. The molecule has 5 heteroatoms. The molecule has 2 rings (SSSR count). The summed E-state index contributed by atoms with van der Waals surface area (Å²) in [6.45, 7) is 0. The number of pyridine rings is 1. The Labute approximate surface area is 95.6 Å². The molecule has 2 aromatic rings. The Hall–Kier alpha value is -1.41. The summed E-state index contributed by atoms with van der Waals surface area (Å²) in [6, 6.07) is 7.23. The van der Waals surface area contributed by atoms with Crippen LogP contribution in [0.5, 0.6) is 0 Å². The SMILES string of the molecule is Clc1ccc2c(Cl)ccnc2c1.O=C=O. The molecule has 0 atom stereocenters. The van der Waals surface area contributed by atoms with Gasteiger partial charge in [-0.1, -0.05) is 23.2 Å². The zero-order valence-electron chi connectivity index (χ0n) is 7.41. The molecule has 3 nitrogen and oxygen atoms in total. The summed E-state index contributed by atoms with van der Waals surface area (Å²) in [4.78, 5) is 20.4. The van der Waals surface area contributed by atoms with E-state index in [9.17, 15) is 0 Å². The Morgan fingerprint density at radius 2 is 1.80 bits per heavy atom. The number of aromatic nitrogens is 1. The van der Waals surface area contributed by atoms with Crippen molar-refractivity contribution >= 4 is 40.3 Å². The highest BCUT2D eigenvalue weighted by Gasteiger charge is 1.98. The molecular weight excluding hydrogens is 237 g/mol. The van der Waals surface area contributed by atoms with Crippen molar-refractivity contribution < 1.29 is 9.59 Å². The average molecular weight is 242 g/mol. The first-order valence-electron chi connectivity index (χ1n) is 3.88. The van der Waals surface area contributed by atoms with Crippen molar-refractivity contribution in [2.24, 2.45) is 0 Å². The van der Waals surface area contributed by atoms with E-state index in [4.69, 9.17) is 32.8 Å². The molecule has 0 N–H and O–H groups in total. The molecule has 0 amide bonds. The molecule has 0 saturated heterocycles. The van der Waals surface area contributed by atoms with Gasteiger partial charge in [-0.05, 0) is 24.3 Å². The first-order valence-corrected chi connectivity index (χ1v) is 4.63. The summed E-state index contributed by atoms with van der Waals surface area (Å²) in [5.74, 6) is 0. The van der Waals surface area contributed by atoms with Crippen molar-refractivity contribution in [2.45, 2.75) is 0 Å². The maximum Gasteiger partial charge on any atom is 0.373 e. The number of hydrogen-bond donors (Lipinski definition) is 0. The predicted octanol–water partition coefficient (Wildman–Crippen LogP) is 2.96. The van der Waals surface area contributed by atoms with E-state index in [0.717, 1.165) is 10.9 Å². The Bertz CT molecular complexity index is 508. The van der Waals surface area contributed by atoms with Gasteiger partial charge in [0.2, 0.25) is 0 Å². The fourth-order valence-corrected chi connectivity index (χ4v) is 1.47. The van der Waals surface area contributed by atoms with Crippen LogP contribution < -0.4 is 0 Å². The van der Waals surface area contributed by atoms with E-state index >= 15 is 0 Å². The van der Waals surface area contributed by atoms with Gasteiger partial charge >= 0.3 is 6.15 Å². The van der Waals surface area contributed by atoms with Gasteiger partial charge in [0.25, 0.3) is 0 Å². The van der Waals surface area contributed by atoms with Crippen LogP contribution in [0.1, 0.15) is 0 Å². The van der Waals surface area contributed by atoms with Gasteiger partial charge in [-0.25, -0.2) is 0 Å². The van der Waals surface area contributed by atoms with Gasteiger partial charge in [0.15, 0.2) is 0 Å². The van der Waals surface area contributed by atoms with E-state index in [1.807, 2.05) is 6.07 Å².